The molecule has 0 fully saturated rings. The molecule has 0 saturated heterocycles. The van der Waals surface area contributed by atoms with Crippen molar-refractivity contribution in [2.24, 2.45) is 0 Å². The molecule has 22 heavy (non-hydrogen) atoms. The molecule has 2 nitrogen and oxygen atoms in total. The Bertz CT molecular complexity index is 252. The van der Waals surface area contributed by atoms with E-state index in [4.69, 9.17) is 11.8 Å². The first-order valence-electron chi connectivity index (χ1n) is 9.53. The van der Waals surface area contributed by atoms with Gasteiger partial charge in [-0.15, -0.1) is 0 Å². The maximum absolute atomic E-state index is 5.78. The van der Waals surface area contributed by atoms with E-state index in [-0.39, 0.29) is 5.54 Å². The van der Waals surface area contributed by atoms with Gasteiger partial charge in [-0.1, -0.05) is 58.3 Å². The van der Waals surface area contributed by atoms with Gasteiger partial charge in [0, 0.05) is 12.0 Å². The number of nitrogens with zero attached hydrogens (tertiary/aromatic N) is 1. The predicted octanol–water partition coefficient (Wildman–Crippen LogP) is 5.90. The first kappa shape index (κ1) is 22.2. The summed E-state index contributed by atoms with van der Waals surface area (Å²) in [6.07, 6.45) is 15.3. The number of hydrogen-bond acceptors (Lipinski definition) is 1. The number of halogens is 1. The van der Waals surface area contributed by atoms with E-state index in [1.165, 1.54) is 77.3 Å². The summed E-state index contributed by atoms with van der Waals surface area (Å²) in [7, 11) is 4.69. The normalized spacial score (nSPS) is 12.8. The lowest BCUT2D eigenvalue weighted by molar-refractivity contribution is -0.891. The van der Waals surface area contributed by atoms with E-state index in [1.807, 2.05) is 0 Å². The third-order valence-electron chi connectivity index (χ3n) is 4.71. The average Bonchev–Trinajstić information content (AvgIpc) is 2.47. The van der Waals surface area contributed by atoms with Gasteiger partial charge in [0.1, 0.15) is 0 Å². The van der Waals surface area contributed by atoms with Crippen molar-refractivity contribution in [1.29, 1.82) is 0 Å². The monoisotopic (exact) mass is 333 g/mol. The third kappa shape index (κ3) is 13.8. The quantitative estimate of drug-likeness (QED) is 0.223. The highest BCUT2D eigenvalue weighted by Crippen LogP contribution is 2.15. The van der Waals surface area contributed by atoms with Crippen LogP contribution in [-0.4, -0.2) is 37.2 Å². The van der Waals surface area contributed by atoms with Gasteiger partial charge in [0.15, 0.2) is 0 Å². The molecule has 0 aliphatic heterocycles. The van der Waals surface area contributed by atoms with Crippen LogP contribution in [0.2, 0.25) is 0 Å². The van der Waals surface area contributed by atoms with E-state index >= 15 is 0 Å². The van der Waals surface area contributed by atoms with Crippen LogP contribution in [0, 0.1) is 0 Å². The number of unbranched alkanes of at least 4 members (excludes halogenated alkanes) is 9. The number of nitrogens with one attached hydrogen (secondary N) is 1. The van der Waals surface area contributed by atoms with E-state index in [1.54, 1.807) is 0 Å². The third-order valence-corrected chi connectivity index (χ3v) is 5.23. The van der Waals surface area contributed by atoms with Crippen molar-refractivity contribution in [3.05, 3.63) is 0 Å². The zero-order chi connectivity index (χ0) is 16.9. The molecule has 0 rings (SSSR count). The van der Waals surface area contributed by atoms with E-state index in [0.717, 1.165) is 10.9 Å². The van der Waals surface area contributed by atoms with Crippen molar-refractivity contribution in [3.63, 3.8) is 0 Å². The molecule has 0 aromatic rings. The second-order valence-corrected chi connectivity index (χ2v) is 8.48. The van der Waals surface area contributed by atoms with Gasteiger partial charge in [0.25, 0.3) is 0 Å². The fourth-order valence-corrected chi connectivity index (χ4v) is 2.86. The summed E-state index contributed by atoms with van der Waals surface area (Å²) in [4.78, 5) is 2.88. The summed E-state index contributed by atoms with van der Waals surface area (Å²) in [6.45, 7) is 9.09. The largest absolute Gasteiger partial charge is 0.328 e. The highest BCUT2D eigenvalue weighted by atomic mass is 35.5. The molecular weight excluding hydrogens is 292 g/mol. The summed E-state index contributed by atoms with van der Waals surface area (Å²) in [6, 6.07) is 0. The van der Waals surface area contributed by atoms with Gasteiger partial charge in [-0.3, -0.25) is 0 Å². The zero-order valence-corrected chi connectivity index (χ0v) is 16.8. The zero-order valence-electron chi connectivity index (χ0n) is 16.0. The molecule has 0 aliphatic rings. The molecule has 0 aliphatic carbocycles. The van der Waals surface area contributed by atoms with Crippen LogP contribution in [0.3, 0.4) is 0 Å². The lowest BCUT2D eigenvalue weighted by Crippen LogP contribution is -2.46. The van der Waals surface area contributed by atoms with Crippen molar-refractivity contribution in [2.75, 3.05) is 27.2 Å². The number of rotatable bonds is 15. The van der Waals surface area contributed by atoms with Crippen LogP contribution >= 0.6 is 11.8 Å². The number of hydrogen-bond donors (Lipinski definition) is 1. The highest BCUT2D eigenvalue weighted by molar-refractivity contribution is 6.13. The Labute approximate surface area is 145 Å². The van der Waals surface area contributed by atoms with Gasteiger partial charge in [0.05, 0.1) is 27.2 Å². The molecule has 0 aromatic carbocycles. The maximum atomic E-state index is 5.78. The molecule has 0 heterocycles. The molecule has 0 radical (unpaired) electrons. The minimum atomic E-state index is 0.0366. The summed E-state index contributed by atoms with van der Waals surface area (Å²) >= 11 is 5.78. The Hall–Kier alpha value is 0.210. The molecule has 0 saturated carbocycles. The number of quaternary nitrogens is 1. The van der Waals surface area contributed by atoms with Gasteiger partial charge in [-0.25, -0.2) is 4.84 Å². The first-order valence-corrected chi connectivity index (χ1v) is 9.90. The average molecular weight is 334 g/mol. The fraction of sp³-hybridized carbons (Fsp3) is 1.00. The van der Waals surface area contributed by atoms with Crippen LogP contribution in [0.1, 0.15) is 91.4 Å². The summed E-state index contributed by atoms with van der Waals surface area (Å²) in [5.74, 6) is 0. The van der Waals surface area contributed by atoms with Crippen molar-refractivity contribution < 1.29 is 4.48 Å². The van der Waals surface area contributed by atoms with E-state index < -0.39 is 0 Å². The molecule has 0 atom stereocenters. The molecule has 1 N–H and O–H groups in total. The fourth-order valence-electron chi connectivity index (χ4n) is 2.77. The van der Waals surface area contributed by atoms with E-state index in [2.05, 4.69) is 39.7 Å². The Morgan fingerprint density at radius 3 is 1.68 bits per heavy atom. The Morgan fingerprint density at radius 2 is 1.23 bits per heavy atom. The molecule has 3 heteroatoms. The maximum Gasteiger partial charge on any atom is 0.0800 e. The van der Waals surface area contributed by atoms with Crippen LogP contribution in [0.15, 0.2) is 0 Å². The lowest BCUT2D eigenvalue weighted by atomic mass is 10.0. The highest BCUT2D eigenvalue weighted by Gasteiger charge is 2.22. The minimum absolute atomic E-state index is 0.0366. The topological polar surface area (TPSA) is 12.0 Å². The van der Waals surface area contributed by atoms with Crippen LogP contribution in [0.5, 0.6) is 0 Å². The predicted molar refractivity (Wildman–Crippen MR) is 101 cm³/mol. The molecule has 0 unspecified atom stereocenters. The van der Waals surface area contributed by atoms with Crippen LogP contribution in [0.4, 0.5) is 0 Å². The molecule has 0 amide bonds. The molecule has 0 aromatic heterocycles. The lowest BCUT2D eigenvalue weighted by Gasteiger charge is -2.33. The Balaban J connectivity index is 3.49. The van der Waals surface area contributed by atoms with Gasteiger partial charge in [0.2, 0.25) is 0 Å². The van der Waals surface area contributed by atoms with Crippen molar-refractivity contribution in [1.82, 2.24) is 4.84 Å². The van der Waals surface area contributed by atoms with Crippen molar-refractivity contribution in [3.8, 4) is 0 Å². The van der Waals surface area contributed by atoms with Crippen molar-refractivity contribution in [2.45, 2.75) is 96.9 Å². The summed E-state index contributed by atoms with van der Waals surface area (Å²) < 4.78 is 1.11. The van der Waals surface area contributed by atoms with Crippen LogP contribution < -0.4 is 4.84 Å². The second kappa shape index (κ2) is 12.6. The first-order chi connectivity index (χ1) is 10.3. The second-order valence-electron chi connectivity index (χ2n) is 8.29. The smallest absolute Gasteiger partial charge is 0.0800 e. The minimum Gasteiger partial charge on any atom is -0.328 e. The Morgan fingerprint density at radius 1 is 0.773 bits per heavy atom. The van der Waals surface area contributed by atoms with E-state index in [0.29, 0.717) is 0 Å². The van der Waals surface area contributed by atoms with Gasteiger partial charge < -0.3 is 4.48 Å². The standard InChI is InChI=1S/C19H42ClN2/c1-6-7-8-9-10-11-12-13-14-15-17-22(4,5)18-16-19(2,3)21-20/h21H,6-18H2,1-5H3/q+1. The SMILES string of the molecule is CCCCCCCCCCCC[N+](C)(C)CCC(C)(C)NCl. The molecule has 0 spiro atoms. The van der Waals surface area contributed by atoms with Crippen LogP contribution in [0.25, 0.3) is 0 Å². The van der Waals surface area contributed by atoms with Crippen LogP contribution in [-0.2, 0) is 0 Å². The molecular formula is C19H42ClN2+. The molecule has 0 bridgehead atoms. The van der Waals surface area contributed by atoms with Gasteiger partial charge in [-0.05, 0) is 38.5 Å². The van der Waals surface area contributed by atoms with Gasteiger partial charge >= 0.3 is 0 Å². The van der Waals surface area contributed by atoms with Crippen molar-refractivity contribution >= 4 is 11.8 Å². The molecule has 134 valence electrons. The summed E-state index contributed by atoms with van der Waals surface area (Å²) in [5.41, 5.74) is 0.0366. The van der Waals surface area contributed by atoms with Gasteiger partial charge in [-0.2, -0.15) is 0 Å². The van der Waals surface area contributed by atoms with E-state index in [9.17, 15) is 0 Å². The Kier molecular flexibility index (Phi) is 12.7. The summed E-state index contributed by atoms with van der Waals surface area (Å²) in [5, 5.41) is 0.